The summed E-state index contributed by atoms with van der Waals surface area (Å²) in [6.07, 6.45) is -5.16. The summed E-state index contributed by atoms with van der Waals surface area (Å²) in [5.74, 6) is -3.63. The van der Waals surface area contributed by atoms with Crippen LogP contribution in [0.25, 0.3) is 0 Å². The lowest BCUT2D eigenvalue weighted by atomic mass is 9.89. The lowest BCUT2D eigenvalue weighted by Gasteiger charge is -2.38. The highest BCUT2D eigenvalue weighted by Crippen LogP contribution is 2.36. The third kappa shape index (κ3) is 10.9. The minimum atomic E-state index is -5.08. The van der Waals surface area contributed by atoms with Gasteiger partial charge in [0.25, 0.3) is 0 Å². The molecule has 222 valence electrons. The molecule has 2 saturated heterocycles. The lowest BCUT2D eigenvalue weighted by molar-refractivity contribution is -0.193. The number of aromatic nitrogens is 1. The van der Waals surface area contributed by atoms with E-state index in [9.17, 15) is 26.3 Å². The van der Waals surface area contributed by atoms with Gasteiger partial charge in [0.2, 0.25) is 0 Å². The smallest absolute Gasteiger partial charge is 0.490 e. The molecule has 1 aromatic heterocycles. The van der Waals surface area contributed by atoms with E-state index in [0.717, 1.165) is 57.1 Å². The van der Waals surface area contributed by atoms with Gasteiger partial charge >= 0.3 is 24.3 Å². The van der Waals surface area contributed by atoms with Crippen molar-refractivity contribution in [2.75, 3.05) is 32.1 Å². The Labute approximate surface area is 225 Å². The van der Waals surface area contributed by atoms with E-state index in [1.165, 1.54) is 5.56 Å². The monoisotopic (exact) mass is 581 g/mol. The van der Waals surface area contributed by atoms with Crippen LogP contribution in [-0.4, -0.2) is 82.8 Å². The number of carboxylic acid groups (broad SMARTS) is 2. The van der Waals surface area contributed by atoms with E-state index in [1.807, 2.05) is 30.5 Å². The summed E-state index contributed by atoms with van der Waals surface area (Å²) < 4.78 is 75.1. The van der Waals surface area contributed by atoms with Gasteiger partial charge < -0.3 is 25.0 Å². The molecule has 40 heavy (non-hydrogen) atoms. The van der Waals surface area contributed by atoms with Crippen LogP contribution in [0.4, 0.5) is 32.2 Å². The van der Waals surface area contributed by atoms with Gasteiger partial charge in [0.15, 0.2) is 0 Å². The predicted octanol–water partition coefficient (Wildman–Crippen LogP) is 4.59. The molecule has 0 unspecified atom stereocenters. The van der Waals surface area contributed by atoms with Gasteiger partial charge in [-0.2, -0.15) is 26.3 Å². The van der Waals surface area contributed by atoms with E-state index in [0.29, 0.717) is 6.04 Å². The van der Waals surface area contributed by atoms with Crippen molar-refractivity contribution in [2.24, 2.45) is 0 Å². The number of alkyl halides is 6. The minimum Gasteiger partial charge on any atom is -0.497 e. The number of nitrogens with one attached hydrogen (secondary N) is 1. The third-order valence-corrected chi connectivity index (χ3v) is 5.93. The van der Waals surface area contributed by atoms with Crippen molar-refractivity contribution < 1.29 is 55.6 Å². The molecule has 0 aliphatic carbocycles. The third-order valence-electron chi connectivity index (χ3n) is 5.93. The van der Waals surface area contributed by atoms with Crippen molar-refractivity contribution in [3.63, 3.8) is 0 Å². The summed E-state index contributed by atoms with van der Waals surface area (Å²) in [5, 5.41) is 17.8. The summed E-state index contributed by atoms with van der Waals surface area (Å²) >= 11 is 0. The number of likely N-dealkylation sites (tertiary alicyclic amines) is 1. The number of methoxy groups -OCH3 is 1. The van der Waals surface area contributed by atoms with Crippen LogP contribution in [0.2, 0.25) is 0 Å². The topological polar surface area (TPSA) is 121 Å². The average molecular weight is 582 g/mol. The number of halogens is 6. The Bertz CT molecular complexity index is 1080. The molecule has 2 atom stereocenters. The number of hydrogen-bond donors (Lipinski definition) is 3. The number of hydrogen-bond acceptors (Lipinski definition) is 7. The highest BCUT2D eigenvalue weighted by Gasteiger charge is 2.43. The van der Waals surface area contributed by atoms with Crippen LogP contribution in [0.1, 0.15) is 24.8 Å². The molecule has 2 aliphatic heterocycles. The number of carbonyl (C=O) groups is 2. The molecule has 0 bridgehead atoms. The van der Waals surface area contributed by atoms with E-state index in [2.05, 4.69) is 33.4 Å². The lowest BCUT2D eigenvalue weighted by Crippen LogP contribution is -2.46. The van der Waals surface area contributed by atoms with Crippen LogP contribution in [-0.2, 0) is 20.9 Å². The Kier molecular flexibility index (Phi) is 11.5. The van der Waals surface area contributed by atoms with Gasteiger partial charge in [0.05, 0.1) is 12.7 Å². The fourth-order valence-corrected chi connectivity index (χ4v) is 4.18. The Hall–Kier alpha value is -3.59. The van der Waals surface area contributed by atoms with Gasteiger partial charge in [0.1, 0.15) is 11.6 Å². The molecule has 4 rings (SSSR count). The van der Waals surface area contributed by atoms with E-state index < -0.39 is 24.3 Å². The summed E-state index contributed by atoms with van der Waals surface area (Å²) in [6.45, 7) is 3.83. The van der Waals surface area contributed by atoms with Crippen LogP contribution in [0.15, 0.2) is 48.7 Å². The number of ether oxygens (including phenoxy) is 2. The second kappa shape index (κ2) is 14.2. The number of benzene rings is 1. The van der Waals surface area contributed by atoms with Crippen LogP contribution in [0.3, 0.4) is 0 Å². The number of anilines is 1. The molecule has 1 aromatic carbocycles. The Morgan fingerprint density at radius 2 is 1.75 bits per heavy atom. The quantitative estimate of drug-likeness (QED) is 0.436. The average Bonchev–Trinajstić information content (AvgIpc) is 3.25. The molecule has 3 heterocycles. The van der Waals surface area contributed by atoms with Gasteiger partial charge in [0, 0.05) is 38.5 Å². The fourth-order valence-electron chi connectivity index (χ4n) is 4.18. The van der Waals surface area contributed by atoms with Gasteiger partial charge in [-0.3, -0.25) is 4.90 Å². The molecule has 0 radical (unpaired) electrons. The van der Waals surface area contributed by atoms with Crippen LogP contribution < -0.4 is 10.1 Å². The molecular formula is C25H29F6N3O6. The molecule has 3 N–H and O–H groups in total. The standard InChI is InChI=1S/C21H27N3O2.2C2HF3O2/c1-25-19-6-4-5-17(13-19)15-24-11-9-21(16-24)14-18(8-12-26-21)23-20-7-2-3-10-22-20;2*3-2(4,5)1(6)7/h2-7,10,13,18H,8-9,11-12,14-16H2,1H3,(H,22,23);2*(H,6,7)/t18-,21-;;/m1../s1. The van der Waals surface area contributed by atoms with E-state index in [-0.39, 0.29) is 5.60 Å². The summed E-state index contributed by atoms with van der Waals surface area (Å²) in [7, 11) is 1.72. The summed E-state index contributed by atoms with van der Waals surface area (Å²) in [6, 6.07) is 14.8. The summed E-state index contributed by atoms with van der Waals surface area (Å²) in [4.78, 5) is 24.7. The fraction of sp³-hybridized carbons (Fsp3) is 0.480. The van der Waals surface area contributed by atoms with Gasteiger partial charge in [-0.05, 0) is 49.1 Å². The number of carboxylic acids is 2. The van der Waals surface area contributed by atoms with E-state index in [1.54, 1.807) is 7.11 Å². The van der Waals surface area contributed by atoms with Crippen LogP contribution in [0.5, 0.6) is 5.75 Å². The molecule has 0 saturated carbocycles. The van der Waals surface area contributed by atoms with Crippen molar-refractivity contribution in [1.29, 1.82) is 0 Å². The normalized spacial score (nSPS) is 20.9. The van der Waals surface area contributed by atoms with Crippen LogP contribution in [0, 0.1) is 0 Å². The molecular weight excluding hydrogens is 552 g/mol. The maximum absolute atomic E-state index is 10.6. The van der Waals surface area contributed by atoms with Crippen LogP contribution >= 0.6 is 0 Å². The van der Waals surface area contributed by atoms with Crippen molar-refractivity contribution in [3.05, 3.63) is 54.2 Å². The number of nitrogens with zero attached hydrogens (tertiary/aromatic N) is 2. The van der Waals surface area contributed by atoms with Crippen molar-refractivity contribution in [3.8, 4) is 5.75 Å². The van der Waals surface area contributed by atoms with E-state index in [4.69, 9.17) is 29.3 Å². The maximum Gasteiger partial charge on any atom is 0.490 e. The molecule has 2 fully saturated rings. The Balaban J connectivity index is 0.000000333. The van der Waals surface area contributed by atoms with Crippen molar-refractivity contribution >= 4 is 17.8 Å². The number of pyridine rings is 1. The molecule has 2 aromatic rings. The first-order valence-corrected chi connectivity index (χ1v) is 11.9. The molecule has 15 heteroatoms. The maximum atomic E-state index is 10.6. The zero-order valence-corrected chi connectivity index (χ0v) is 21.3. The van der Waals surface area contributed by atoms with E-state index >= 15 is 0 Å². The minimum absolute atomic E-state index is 0.0242. The first-order chi connectivity index (χ1) is 18.6. The molecule has 9 nitrogen and oxygen atoms in total. The Morgan fingerprint density at radius 1 is 1.10 bits per heavy atom. The van der Waals surface area contributed by atoms with Crippen molar-refractivity contribution in [2.45, 2.75) is 49.8 Å². The van der Waals surface area contributed by atoms with Crippen molar-refractivity contribution in [1.82, 2.24) is 9.88 Å². The highest BCUT2D eigenvalue weighted by molar-refractivity contribution is 5.73. The first-order valence-electron chi connectivity index (χ1n) is 11.9. The zero-order valence-electron chi connectivity index (χ0n) is 21.3. The number of rotatable bonds is 5. The highest BCUT2D eigenvalue weighted by atomic mass is 19.4. The largest absolute Gasteiger partial charge is 0.497 e. The summed E-state index contributed by atoms with van der Waals surface area (Å²) in [5.41, 5.74) is 1.27. The second-order valence-corrected chi connectivity index (χ2v) is 9.00. The van der Waals surface area contributed by atoms with Gasteiger partial charge in [-0.1, -0.05) is 18.2 Å². The zero-order chi connectivity index (χ0) is 30.0. The Morgan fingerprint density at radius 3 is 2.30 bits per heavy atom. The number of aliphatic carboxylic acids is 2. The van der Waals surface area contributed by atoms with Gasteiger partial charge in [-0.25, -0.2) is 14.6 Å². The second-order valence-electron chi connectivity index (χ2n) is 9.00. The molecule has 0 amide bonds. The molecule has 2 aliphatic rings. The van der Waals surface area contributed by atoms with Gasteiger partial charge in [-0.15, -0.1) is 0 Å². The predicted molar refractivity (Wildman–Crippen MR) is 130 cm³/mol. The molecule has 1 spiro atoms. The SMILES string of the molecule is COc1cccc(CN2CC[C@@]3(C[C@H](Nc4ccccn4)CCO3)C2)c1.O=C(O)C(F)(F)F.O=C(O)C(F)(F)F. The first kappa shape index (κ1) is 32.6.